The Balaban J connectivity index is 2.26. The van der Waals surface area contributed by atoms with Gasteiger partial charge in [-0.15, -0.1) is 0 Å². The van der Waals surface area contributed by atoms with Gasteiger partial charge >= 0.3 is 0 Å². The van der Waals surface area contributed by atoms with Crippen LogP contribution in [-0.2, 0) is 7.05 Å². The summed E-state index contributed by atoms with van der Waals surface area (Å²) in [7, 11) is 1.75. The maximum absolute atomic E-state index is 11.9. The molecule has 0 aliphatic carbocycles. The molecule has 2 heterocycles. The summed E-state index contributed by atoms with van der Waals surface area (Å²) < 4.78 is 1.57. The summed E-state index contributed by atoms with van der Waals surface area (Å²) in [5.41, 5.74) is 1.17. The molecule has 0 aliphatic rings. The second kappa shape index (κ2) is 3.96. The molecule has 0 saturated carbocycles. The molecule has 0 fully saturated rings. The molecule has 1 aromatic carbocycles. The van der Waals surface area contributed by atoms with Crippen LogP contribution in [-0.4, -0.2) is 19.7 Å². The van der Waals surface area contributed by atoms with E-state index in [0.717, 1.165) is 5.56 Å². The SMILES string of the molecule is Cn1ncc2c(=O)[nH]c(-c3ccc(Cl)cc3)nc21. The van der Waals surface area contributed by atoms with Crippen LogP contribution in [0.25, 0.3) is 22.4 Å². The molecule has 0 atom stereocenters. The molecule has 3 rings (SSSR count). The highest BCUT2D eigenvalue weighted by Crippen LogP contribution is 2.18. The minimum Gasteiger partial charge on any atom is -0.306 e. The monoisotopic (exact) mass is 260 g/mol. The number of rotatable bonds is 1. The van der Waals surface area contributed by atoms with Crippen LogP contribution < -0.4 is 5.56 Å². The molecule has 0 bridgehead atoms. The average molecular weight is 261 g/mol. The molecule has 0 saturated heterocycles. The fourth-order valence-electron chi connectivity index (χ4n) is 1.78. The van der Waals surface area contributed by atoms with Gasteiger partial charge in [0.2, 0.25) is 0 Å². The summed E-state index contributed by atoms with van der Waals surface area (Å²) in [6, 6.07) is 7.13. The van der Waals surface area contributed by atoms with Gasteiger partial charge in [-0.25, -0.2) is 4.98 Å². The Bertz CT molecular complexity index is 773. The maximum atomic E-state index is 11.9. The number of nitrogens with one attached hydrogen (secondary N) is 1. The van der Waals surface area contributed by atoms with E-state index in [1.165, 1.54) is 6.20 Å². The van der Waals surface area contributed by atoms with Crippen LogP contribution >= 0.6 is 11.6 Å². The van der Waals surface area contributed by atoms with E-state index in [0.29, 0.717) is 21.9 Å². The number of hydrogen-bond acceptors (Lipinski definition) is 3. The van der Waals surface area contributed by atoms with Crippen molar-refractivity contribution in [3.05, 3.63) is 45.8 Å². The molecule has 1 N–H and O–H groups in total. The van der Waals surface area contributed by atoms with Gasteiger partial charge in [0.15, 0.2) is 5.65 Å². The second-order valence-corrected chi connectivity index (χ2v) is 4.36. The van der Waals surface area contributed by atoms with Gasteiger partial charge in [-0.1, -0.05) is 11.6 Å². The predicted octanol–water partition coefficient (Wildman–Crippen LogP) is 1.98. The minimum atomic E-state index is -0.196. The first-order valence-corrected chi connectivity index (χ1v) is 5.71. The van der Waals surface area contributed by atoms with Gasteiger partial charge in [0, 0.05) is 17.6 Å². The first kappa shape index (κ1) is 11.0. The smallest absolute Gasteiger partial charge is 0.262 e. The lowest BCUT2D eigenvalue weighted by molar-refractivity contribution is 0.785. The Morgan fingerprint density at radius 3 is 2.72 bits per heavy atom. The number of halogens is 1. The summed E-state index contributed by atoms with van der Waals surface area (Å²) in [5.74, 6) is 0.507. The number of aromatic nitrogens is 4. The Hall–Kier alpha value is -2.14. The lowest BCUT2D eigenvalue weighted by atomic mass is 10.2. The topological polar surface area (TPSA) is 63.6 Å². The maximum Gasteiger partial charge on any atom is 0.262 e. The zero-order valence-corrected chi connectivity index (χ0v) is 10.3. The fourth-order valence-corrected chi connectivity index (χ4v) is 1.90. The van der Waals surface area contributed by atoms with Gasteiger partial charge in [0.1, 0.15) is 11.2 Å². The van der Waals surface area contributed by atoms with Crippen molar-refractivity contribution in [3.8, 4) is 11.4 Å². The first-order valence-electron chi connectivity index (χ1n) is 5.33. The van der Waals surface area contributed by atoms with Crippen molar-refractivity contribution < 1.29 is 0 Å². The van der Waals surface area contributed by atoms with E-state index < -0.39 is 0 Å². The number of H-pyrrole nitrogens is 1. The molecule has 0 radical (unpaired) electrons. The molecule has 18 heavy (non-hydrogen) atoms. The number of fused-ring (bicyclic) bond motifs is 1. The van der Waals surface area contributed by atoms with Gasteiger partial charge in [0.05, 0.1) is 6.20 Å². The molecule has 0 spiro atoms. The number of hydrogen-bond donors (Lipinski definition) is 1. The van der Waals surface area contributed by atoms with Gasteiger partial charge in [-0.05, 0) is 24.3 Å². The molecular weight excluding hydrogens is 252 g/mol. The van der Waals surface area contributed by atoms with Crippen molar-refractivity contribution in [2.45, 2.75) is 0 Å². The summed E-state index contributed by atoms with van der Waals surface area (Å²) in [6.07, 6.45) is 1.51. The van der Waals surface area contributed by atoms with Crippen molar-refractivity contribution >= 4 is 22.6 Å². The third-order valence-corrected chi connectivity index (χ3v) is 2.97. The lowest BCUT2D eigenvalue weighted by Gasteiger charge is -2.01. The number of aromatic amines is 1. The summed E-state index contributed by atoms with van der Waals surface area (Å²) in [5, 5.41) is 5.14. The third kappa shape index (κ3) is 1.69. The van der Waals surface area contributed by atoms with E-state index in [1.54, 1.807) is 23.9 Å². The highest BCUT2D eigenvalue weighted by Gasteiger charge is 2.09. The Morgan fingerprint density at radius 1 is 1.28 bits per heavy atom. The van der Waals surface area contributed by atoms with Crippen molar-refractivity contribution in [1.82, 2.24) is 19.7 Å². The van der Waals surface area contributed by atoms with Gasteiger partial charge in [-0.3, -0.25) is 9.48 Å². The van der Waals surface area contributed by atoms with Crippen LogP contribution in [0.3, 0.4) is 0 Å². The standard InChI is InChI=1S/C12H9ClN4O/c1-17-11-9(6-14-17)12(18)16-10(15-11)7-2-4-8(13)5-3-7/h2-6H,1H3,(H,15,16,18). The van der Waals surface area contributed by atoms with Crippen LogP contribution in [0.2, 0.25) is 5.02 Å². The van der Waals surface area contributed by atoms with E-state index in [1.807, 2.05) is 12.1 Å². The van der Waals surface area contributed by atoms with Crippen LogP contribution in [0, 0.1) is 0 Å². The zero-order chi connectivity index (χ0) is 12.7. The minimum absolute atomic E-state index is 0.196. The number of benzene rings is 1. The van der Waals surface area contributed by atoms with E-state index in [4.69, 9.17) is 11.6 Å². The highest BCUT2D eigenvalue weighted by molar-refractivity contribution is 6.30. The molecular formula is C12H9ClN4O. The molecule has 0 aliphatic heterocycles. The molecule has 3 aromatic rings. The summed E-state index contributed by atoms with van der Waals surface area (Å²) in [6.45, 7) is 0. The van der Waals surface area contributed by atoms with Crippen LogP contribution in [0.15, 0.2) is 35.3 Å². The average Bonchev–Trinajstić information content (AvgIpc) is 2.73. The number of nitrogens with zero attached hydrogens (tertiary/aromatic N) is 3. The van der Waals surface area contributed by atoms with Crippen molar-refractivity contribution in [2.24, 2.45) is 7.05 Å². The zero-order valence-electron chi connectivity index (χ0n) is 9.51. The van der Waals surface area contributed by atoms with E-state index in [2.05, 4.69) is 15.1 Å². The van der Waals surface area contributed by atoms with E-state index in [-0.39, 0.29) is 5.56 Å². The Kier molecular flexibility index (Phi) is 2.41. The lowest BCUT2D eigenvalue weighted by Crippen LogP contribution is -2.09. The molecule has 0 unspecified atom stereocenters. The number of aryl methyl sites for hydroxylation is 1. The van der Waals surface area contributed by atoms with Crippen LogP contribution in [0.4, 0.5) is 0 Å². The predicted molar refractivity (Wildman–Crippen MR) is 69.6 cm³/mol. The Morgan fingerprint density at radius 2 is 2.00 bits per heavy atom. The molecule has 5 nitrogen and oxygen atoms in total. The van der Waals surface area contributed by atoms with E-state index in [9.17, 15) is 4.79 Å². The molecule has 90 valence electrons. The largest absolute Gasteiger partial charge is 0.306 e. The van der Waals surface area contributed by atoms with Crippen LogP contribution in [0.5, 0.6) is 0 Å². The van der Waals surface area contributed by atoms with Gasteiger partial charge in [0.25, 0.3) is 5.56 Å². The molecule has 6 heteroatoms. The normalized spacial score (nSPS) is 11.0. The molecule has 0 amide bonds. The van der Waals surface area contributed by atoms with Gasteiger partial charge in [-0.2, -0.15) is 5.10 Å². The van der Waals surface area contributed by atoms with Crippen molar-refractivity contribution in [3.63, 3.8) is 0 Å². The van der Waals surface area contributed by atoms with E-state index >= 15 is 0 Å². The van der Waals surface area contributed by atoms with Crippen LogP contribution in [0.1, 0.15) is 0 Å². The van der Waals surface area contributed by atoms with Crippen molar-refractivity contribution in [1.29, 1.82) is 0 Å². The third-order valence-electron chi connectivity index (χ3n) is 2.72. The first-order chi connectivity index (χ1) is 8.65. The quantitative estimate of drug-likeness (QED) is 0.728. The fraction of sp³-hybridized carbons (Fsp3) is 0.0833. The molecule has 2 aromatic heterocycles. The second-order valence-electron chi connectivity index (χ2n) is 3.93. The highest BCUT2D eigenvalue weighted by atomic mass is 35.5. The van der Waals surface area contributed by atoms with Crippen molar-refractivity contribution in [2.75, 3.05) is 0 Å². The Labute approximate surface area is 107 Å². The van der Waals surface area contributed by atoms with Gasteiger partial charge < -0.3 is 4.98 Å². The summed E-state index contributed by atoms with van der Waals surface area (Å²) in [4.78, 5) is 19.0. The summed E-state index contributed by atoms with van der Waals surface area (Å²) >= 11 is 5.83.